The van der Waals surface area contributed by atoms with Gasteiger partial charge in [0.25, 0.3) is 0 Å². The lowest BCUT2D eigenvalue weighted by molar-refractivity contribution is -0.133. The molecule has 1 heterocycles. The molecule has 1 amide bonds. The topological polar surface area (TPSA) is 52.6 Å². The van der Waals surface area contributed by atoms with Crippen molar-refractivity contribution in [2.24, 2.45) is 0 Å². The molecule has 1 aliphatic rings. The third-order valence-electron chi connectivity index (χ3n) is 1.80. The zero-order valence-corrected chi connectivity index (χ0v) is 6.87. The van der Waals surface area contributed by atoms with E-state index in [0.717, 1.165) is 13.1 Å². The molecule has 1 fully saturated rings. The smallest absolute Gasteiger partial charge is 0.373 e. The summed E-state index contributed by atoms with van der Waals surface area (Å²) in [6.45, 7) is 4.68. The molecule has 0 aromatic rings. The Morgan fingerprint density at radius 3 is 2.64 bits per heavy atom. The van der Waals surface area contributed by atoms with Crippen LogP contribution in [0.2, 0.25) is 6.82 Å². The maximum atomic E-state index is 10.7. The highest BCUT2D eigenvalue weighted by molar-refractivity contribution is 6.45. The average molecular weight is 156 g/mol. The van der Waals surface area contributed by atoms with E-state index in [1.165, 1.54) is 0 Å². The van der Waals surface area contributed by atoms with Gasteiger partial charge in [0, 0.05) is 26.1 Å². The van der Waals surface area contributed by atoms with Crippen LogP contribution in [0.4, 0.5) is 0 Å². The van der Waals surface area contributed by atoms with Crippen LogP contribution in [0.3, 0.4) is 0 Å². The second-order valence-electron chi connectivity index (χ2n) is 2.96. The van der Waals surface area contributed by atoms with Crippen molar-refractivity contribution in [2.45, 2.75) is 19.8 Å². The van der Waals surface area contributed by atoms with Gasteiger partial charge in [-0.15, -0.1) is 0 Å². The van der Waals surface area contributed by atoms with Crippen LogP contribution in [0.1, 0.15) is 6.92 Å². The fourth-order valence-corrected chi connectivity index (χ4v) is 1.18. The van der Waals surface area contributed by atoms with Gasteiger partial charge in [0.05, 0.1) is 0 Å². The van der Waals surface area contributed by atoms with Crippen LogP contribution < -0.4 is 5.23 Å². The molecular weight excluding hydrogens is 143 g/mol. The third-order valence-corrected chi connectivity index (χ3v) is 1.80. The summed E-state index contributed by atoms with van der Waals surface area (Å²) >= 11 is 0. The lowest BCUT2D eigenvalue weighted by Gasteiger charge is -2.39. The van der Waals surface area contributed by atoms with Gasteiger partial charge in [0.15, 0.2) is 0 Å². The van der Waals surface area contributed by atoms with Gasteiger partial charge >= 0.3 is 7.05 Å². The van der Waals surface area contributed by atoms with E-state index in [2.05, 4.69) is 5.23 Å². The van der Waals surface area contributed by atoms with Crippen molar-refractivity contribution in [2.75, 3.05) is 13.1 Å². The Bertz CT molecular complexity index is 157. The standard InChI is InChI=1S/C6H13BN2O2/c1-5(10)9-3-6(4-9)8-7(2)11/h6,8,11H,3-4H2,1-2H3. The van der Waals surface area contributed by atoms with Crippen LogP contribution in [0.5, 0.6) is 0 Å². The van der Waals surface area contributed by atoms with Crippen molar-refractivity contribution in [1.82, 2.24) is 10.1 Å². The zero-order chi connectivity index (χ0) is 8.43. The summed E-state index contributed by atoms with van der Waals surface area (Å²) < 4.78 is 0. The molecule has 1 rings (SSSR count). The molecule has 5 heteroatoms. The van der Waals surface area contributed by atoms with E-state index in [-0.39, 0.29) is 11.9 Å². The van der Waals surface area contributed by atoms with Gasteiger partial charge in [-0.25, -0.2) is 0 Å². The van der Waals surface area contributed by atoms with E-state index in [1.54, 1.807) is 18.6 Å². The molecule has 0 aromatic heterocycles. The van der Waals surface area contributed by atoms with Gasteiger partial charge in [-0.05, 0) is 6.82 Å². The molecule has 0 saturated carbocycles. The van der Waals surface area contributed by atoms with Crippen LogP contribution in [0.15, 0.2) is 0 Å². The molecule has 0 radical (unpaired) electrons. The van der Waals surface area contributed by atoms with E-state index in [4.69, 9.17) is 5.02 Å². The number of nitrogens with one attached hydrogen (secondary N) is 1. The van der Waals surface area contributed by atoms with E-state index in [0.29, 0.717) is 0 Å². The fraction of sp³-hybridized carbons (Fsp3) is 0.833. The summed E-state index contributed by atoms with van der Waals surface area (Å²) in [5.41, 5.74) is 0. The first-order chi connectivity index (χ1) is 5.09. The van der Waals surface area contributed by atoms with E-state index < -0.39 is 7.05 Å². The number of carbonyl (C=O) groups is 1. The van der Waals surface area contributed by atoms with Crippen LogP contribution in [-0.4, -0.2) is 42.0 Å². The summed E-state index contributed by atoms with van der Waals surface area (Å²) in [5, 5.41) is 11.8. The normalized spacial score (nSPS) is 17.9. The Morgan fingerprint density at radius 1 is 1.73 bits per heavy atom. The van der Waals surface area contributed by atoms with E-state index >= 15 is 0 Å². The number of nitrogens with zero attached hydrogens (tertiary/aromatic N) is 1. The number of rotatable bonds is 2. The maximum Gasteiger partial charge on any atom is 0.373 e. The molecule has 11 heavy (non-hydrogen) atoms. The Balaban J connectivity index is 2.14. The SMILES string of the molecule is CB(O)NC1CN(C(C)=O)C1. The number of hydrogen-bond donors (Lipinski definition) is 2. The Morgan fingerprint density at radius 2 is 2.27 bits per heavy atom. The molecule has 4 nitrogen and oxygen atoms in total. The van der Waals surface area contributed by atoms with Crippen molar-refractivity contribution in [3.63, 3.8) is 0 Å². The summed E-state index contributed by atoms with van der Waals surface area (Å²) in [5.74, 6) is 0.105. The number of carbonyl (C=O) groups excluding carboxylic acids is 1. The van der Waals surface area contributed by atoms with Crippen molar-refractivity contribution in [3.8, 4) is 0 Å². The van der Waals surface area contributed by atoms with Gasteiger partial charge < -0.3 is 15.2 Å². The predicted molar refractivity (Wildman–Crippen MR) is 43.0 cm³/mol. The minimum atomic E-state index is -0.478. The van der Waals surface area contributed by atoms with Crippen molar-refractivity contribution < 1.29 is 9.82 Å². The highest BCUT2D eigenvalue weighted by Crippen LogP contribution is 2.06. The first kappa shape index (κ1) is 8.55. The second kappa shape index (κ2) is 3.23. The third kappa shape index (κ3) is 2.20. The number of hydrogen-bond acceptors (Lipinski definition) is 3. The zero-order valence-electron chi connectivity index (χ0n) is 6.87. The fourth-order valence-electron chi connectivity index (χ4n) is 1.18. The van der Waals surface area contributed by atoms with Crippen LogP contribution in [0, 0.1) is 0 Å². The van der Waals surface area contributed by atoms with E-state index in [1.807, 2.05) is 0 Å². The molecule has 0 aromatic carbocycles. The molecule has 1 saturated heterocycles. The van der Waals surface area contributed by atoms with E-state index in [9.17, 15) is 4.79 Å². The van der Waals surface area contributed by atoms with Gasteiger partial charge in [-0.1, -0.05) is 0 Å². The van der Waals surface area contributed by atoms with Gasteiger partial charge in [0.1, 0.15) is 0 Å². The molecule has 0 spiro atoms. The number of amides is 1. The quantitative estimate of drug-likeness (QED) is 0.500. The number of likely N-dealkylation sites (tertiary alicyclic amines) is 1. The highest BCUT2D eigenvalue weighted by atomic mass is 16.2. The van der Waals surface area contributed by atoms with Gasteiger partial charge in [-0.3, -0.25) is 4.79 Å². The van der Waals surface area contributed by atoms with Gasteiger partial charge in [0.2, 0.25) is 5.91 Å². The molecule has 0 atom stereocenters. The minimum Gasteiger partial charge on any atom is -0.437 e. The lowest BCUT2D eigenvalue weighted by atomic mass is 9.86. The molecule has 62 valence electrons. The Labute approximate surface area is 66.7 Å². The molecule has 0 aliphatic carbocycles. The Kier molecular flexibility index (Phi) is 2.51. The molecule has 1 aliphatic heterocycles. The molecule has 0 bridgehead atoms. The largest absolute Gasteiger partial charge is 0.437 e. The van der Waals surface area contributed by atoms with Crippen LogP contribution in [0.25, 0.3) is 0 Å². The predicted octanol–water partition coefficient (Wildman–Crippen LogP) is -1.08. The van der Waals surface area contributed by atoms with Crippen LogP contribution in [-0.2, 0) is 4.79 Å². The first-order valence-electron chi connectivity index (χ1n) is 3.79. The second-order valence-corrected chi connectivity index (χ2v) is 2.96. The van der Waals surface area contributed by atoms with Crippen molar-refractivity contribution >= 4 is 13.0 Å². The lowest BCUT2D eigenvalue weighted by Crippen LogP contribution is -2.61. The van der Waals surface area contributed by atoms with Crippen molar-refractivity contribution in [3.05, 3.63) is 0 Å². The summed E-state index contributed by atoms with van der Waals surface area (Å²) in [7, 11) is -0.478. The van der Waals surface area contributed by atoms with Crippen LogP contribution >= 0.6 is 0 Å². The summed E-state index contributed by atoms with van der Waals surface area (Å²) in [6, 6.07) is 0.277. The van der Waals surface area contributed by atoms with Gasteiger partial charge in [-0.2, -0.15) is 0 Å². The molecular formula is C6H13BN2O2. The monoisotopic (exact) mass is 156 g/mol. The average Bonchev–Trinajstić information content (AvgIpc) is 1.75. The maximum absolute atomic E-state index is 10.7. The summed E-state index contributed by atoms with van der Waals surface area (Å²) in [4.78, 5) is 12.4. The Hall–Kier alpha value is -0.545. The van der Waals surface area contributed by atoms with Crippen molar-refractivity contribution in [1.29, 1.82) is 0 Å². The first-order valence-corrected chi connectivity index (χ1v) is 3.79. The highest BCUT2D eigenvalue weighted by Gasteiger charge is 2.29. The summed E-state index contributed by atoms with van der Waals surface area (Å²) in [6.07, 6.45) is 0. The molecule has 2 N–H and O–H groups in total. The minimum absolute atomic E-state index is 0.105. The molecule has 0 unspecified atom stereocenters.